The number of carbonyl (C=O) groups excluding carboxylic acids is 3. The van der Waals surface area contributed by atoms with E-state index in [-0.39, 0.29) is 23.0 Å². The summed E-state index contributed by atoms with van der Waals surface area (Å²) in [6.45, 7) is 1.05. The van der Waals surface area contributed by atoms with Crippen molar-refractivity contribution in [3.63, 3.8) is 0 Å². The van der Waals surface area contributed by atoms with Crippen molar-refractivity contribution in [1.82, 2.24) is 14.4 Å². The topological polar surface area (TPSA) is 106 Å². The number of likely N-dealkylation sites (tertiary alicyclic amines) is 1. The van der Waals surface area contributed by atoms with E-state index >= 15 is 0 Å². The minimum absolute atomic E-state index is 0.0468. The van der Waals surface area contributed by atoms with Gasteiger partial charge in [0.2, 0.25) is 5.91 Å². The third-order valence-electron chi connectivity index (χ3n) is 5.50. The molecule has 0 saturated carbocycles. The molecule has 10 heteroatoms. The molecule has 2 aliphatic heterocycles. The van der Waals surface area contributed by atoms with Crippen LogP contribution >= 0.6 is 11.8 Å². The molecular weight excluding hydrogens is 432 g/mol. The van der Waals surface area contributed by atoms with Gasteiger partial charge in [0, 0.05) is 37.1 Å². The van der Waals surface area contributed by atoms with E-state index in [0.29, 0.717) is 24.5 Å². The fraction of sp³-hybridized carbons (Fsp3) is 0.318. The predicted molar refractivity (Wildman–Crippen MR) is 120 cm³/mol. The lowest BCUT2D eigenvalue weighted by Gasteiger charge is -2.22. The smallest absolute Gasteiger partial charge is 0.294 e. The van der Waals surface area contributed by atoms with E-state index in [9.17, 15) is 24.5 Å². The fourth-order valence-electron chi connectivity index (χ4n) is 3.83. The van der Waals surface area contributed by atoms with E-state index in [1.165, 1.54) is 12.1 Å². The molecule has 2 saturated heterocycles. The molecule has 2 fully saturated rings. The van der Waals surface area contributed by atoms with Crippen molar-refractivity contribution in [2.75, 3.05) is 19.6 Å². The van der Waals surface area contributed by atoms with Crippen LogP contribution in [-0.4, -0.2) is 56.0 Å². The summed E-state index contributed by atoms with van der Waals surface area (Å²) >= 11 is 0.791. The molecule has 1 aromatic heterocycles. The summed E-state index contributed by atoms with van der Waals surface area (Å²) in [6, 6.07) is 9.63. The van der Waals surface area contributed by atoms with Gasteiger partial charge in [0.25, 0.3) is 16.8 Å². The summed E-state index contributed by atoms with van der Waals surface area (Å²) < 4.78 is 1.70. The second-order valence-electron chi connectivity index (χ2n) is 7.64. The zero-order valence-electron chi connectivity index (χ0n) is 17.3. The number of thioether (sulfide) groups is 1. The first-order valence-electron chi connectivity index (χ1n) is 10.4. The molecule has 0 unspecified atom stereocenters. The van der Waals surface area contributed by atoms with Crippen LogP contribution in [0.2, 0.25) is 0 Å². The first-order valence-corrected chi connectivity index (χ1v) is 11.2. The molecular formula is C22H22N4O5S. The largest absolute Gasteiger partial charge is 0.341 e. The molecule has 3 heterocycles. The summed E-state index contributed by atoms with van der Waals surface area (Å²) in [5.74, 6) is -0.717. The minimum Gasteiger partial charge on any atom is -0.341 e. The number of aromatic nitrogens is 1. The van der Waals surface area contributed by atoms with E-state index in [2.05, 4.69) is 0 Å². The van der Waals surface area contributed by atoms with Gasteiger partial charge >= 0.3 is 0 Å². The van der Waals surface area contributed by atoms with Gasteiger partial charge in [-0.05, 0) is 48.9 Å². The van der Waals surface area contributed by atoms with E-state index in [1.54, 1.807) is 46.0 Å². The molecule has 0 radical (unpaired) electrons. The molecule has 0 atom stereocenters. The number of non-ortho nitro benzene ring substituents is 1. The summed E-state index contributed by atoms with van der Waals surface area (Å²) in [7, 11) is 0. The number of amides is 3. The van der Waals surface area contributed by atoms with Crippen molar-refractivity contribution >= 4 is 40.6 Å². The quantitative estimate of drug-likeness (QED) is 0.386. The van der Waals surface area contributed by atoms with Crippen molar-refractivity contribution < 1.29 is 19.3 Å². The summed E-state index contributed by atoms with van der Waals surface area (Å²) in [5, 5.41) is 10.6. The Balaban J connectivity index is 1.53. The highest BCUT2D eigenvalue weighted by Gasteiger charge is 2.37. The van der Waals surface area contributed by atoms with Gasteiger partial charge in [-0.2, -0.15) is 0 Å². The highest BCUT2D eigenvalue weighted by atomic mass is 32.2. The van der Waals surface area contributed by atoms with E-state index in [4.69, 9.17) is 0 Å². The highest BCUT2D eigenvalue weighted by molar-refractivity contribution is 8.18. The molecule has 0 spiro atoms. The maximum Gasteiger partial charge on any atom is 0.294 e. The van der Waals surface area contributed by atoms with Crippen molar-refractivity contribution in [3.8, 4) is 5.69 Å². The van der Waals surface area contributed by atoms with Crippen LogP contribution in [0, 0.1) is 10.1 Å². The third-order valence-corrected chi connectivity index (χ3v) is 6.41. The normalized spacial score (nSPS) is 18.3. The first-order chi connectivity index (χ1) is 15.4. The number of imide groups is 1. The monoisotopic (exact) mass is 454 g/mol. The number of nitrogens with zero attached hydrogens (tertiary/aromatic N) is 4. The Kier molecular flexibility index (Phi) is 6.40. The molecule has 0 bridgehead atoms. The molecule has 2 aliphatic rings. The third kappa shape index (κ3) is 4.59. The number of nitro benzene ring substituents is 1. The average molecular weight is 455 g/mol. The van der Waals surface area contributed by atoms with Gasteiger partial charge < -0.3 is 9.47 Å². The molecule has 1 aromatic carbocycles. The highest BCUT2D eigenvalue weighted by Crippen LogP contribution is 2.33. The maximum atomic E-state index is 12.9. The molecule has 166 valence electrons. The lowest BCUT2D eigenvalue weighted by Crippen LogP contribution is -2.42. The Morgan fingerprint density at radius 1 is 1.09 bits per heavy atom. The first kappa shape index (κ1) is 21.8. The SMILES string of the molecule is O=C(CN1C(=O)SC(=Cc2cccn2-c2cccc([N+](=O)[O-])c2)C1=O)N1CCCCCC1. The van der Waals surface area contributed by atoms with Gasteiger partial charge in [0.1, 0.15) is 6.54 Å². The number of nitro groups is 1. The van der Waals surface area contributed by atoms with E-state index < -0.39 is 16.1 Å². The van der Waals surface area contributed by atoms with E-state index in [1.807, 2.05) is 0 Å². The van der Waals surface area contributed by atoms with Crippen LogP contribution in [-0.2, 0) is 9.59 Å². The van der Waals surface area contributed by atoms with Crippen LogP contribution in [0.4, 0.5) is 10.5 Å². The molecule has 4 rings (SSSR count). The number of rotatable bonds is 5. The van der Waals surface area contributed by atoms with Crippen molar-refractivity contribution in [1.29, 1.82) is 0 Å². The van der Waals surface area contributed by atoms with Crippen molar-refractivity contribution in [2.45, 2.75) is 25.7 Å². The summed E-state index contributed by atoms with van der Waals surface area (Å²) in [6.07, 6.45) is 7.32. The zero-order valence-corrected chi connectivity index (χ0v) is 18.1. The van der Waals surface area contributed by atoms with Crippen LogP contribution in [0.5, 0.6) is 0 Å². The Labute approximate surface area is 188 Å². The Morgan fingerprint density at radius 2 is 1.84 bits per heavy atom. The molecule has 32 heavy (non-hydrogen) atoms. The van der Waals surface area contributed by atoms with Crippen LogP contribution in [0.15, 0.2) is 47.5 Å². The van der Waals surface area contributed by atoms with Crippen molar-refractivity contribution in [3.05, 3.63) is 63.3 Å². The van der Waals surface area contributed by atoms with Gasteiger partial charge in [0.15, 0.2) is 0 Å². The van der Waals surface area contributed by atoms with Gasteiger partial charge in [-0.15, -0.1) is 0 Å². The molecule has 3 amide bonds. The van der Waals surface area contributed by atoms with Gasteiger partial charge in [-0.1, -0.05) is 18.9 Å². The van der Waals surface area contributed by atoms with Crippen LogP contribution in [0.3, 0.4) is 0 Å². The predicted octanol–water partition coefficient (Wildman–Crippen LogP) is 3.82. The average Bonchev–Trinajstić information content (AvgIpc) is 3.21. The van der Waals surface area contributed by atoms with Crippen molar-refractivity contribution in [2.24, 2.45) is 0 Å². The zero-order chi connectivity index (χ0) is 22.7. The standard InChI is InChI=1S/C22H22N4O5S/c27-20(23-10-3-1-2-4-11-23)15-25-21(28)19(32-22(25)29)14-17-9-6-12-24(17)16-7-5-8-18(13-16)26(30)31/h5-9,12-14H,1-4,10-11,15H2. The van der Waals surface area contributed by atoms with Crippen LogP contribution < -0.4 is 0 Å². The second kappa shape index (κ2) is 9.39. The van der Waals surface area contributed by atoms with Gasteiger partial charge in [-0.3, -0.25) is 29.4 Å². The Hall–Kier alpha value is -3.40. The number of hydrogen-bond acceptors (Lipinski definition) is 6. The maximum absolute atomic E-state index is 12.9. The second-order valence-corrected chi connectivity index (χ2v) is 8.64. The van der Waals surface area contributed by atoms with Crippen LogP contribution in [0.25, 0.3) is 11.8 Å². The Bertz CT molecular complexity index is 1100. The molecule has 0 N–H and O–H groups in total. The van der Waals surface area contributed by atoms with E-state index in [0.717, 1.165) is 42.3 Å². The van der Waals surface area contributed by atoms with Gasteiger partial charge in [0.05, 0.1) is 15.5 Å². The summed E-state index contributed by atoms with van der Waals surface area (Å²) in [5.41, 5.74) is 1.11. The summed E-state index contributed by atoms with van der Waals surface area (Å²) in [4.78, 5) is 51.5. The number of hydrogen-bond donors (Lipinski definition) is 0. The number of benzene rings is 1. The number of carbonyl (C=O) groups is 3. The molecule has 9 nitrogen and oxygen atoms in total. The fourth-order valence-corrected chi connectivity index (χ4v) is 4.65. The van der Waals surface area contributed by atoms with Gasteiger partial charge in [-0.25, -0.2) is 0 Å². The Morgan fingerprint density at radius 3 is 2.56 bits per heavy atom. The lowest BCUT2D eigenvalue weighted by molar-refractivity contribution is -0.384. The minimum atomic E-state index is -0.505. The van der Waals surface area contributed by atoms with Crippen LogP contribution in [0.1, 0.15) is 31.4 Å². The molecule has 2 aromatic rings. The lowest BCUT2D eigenvalue weighted by atomic mass is 10.2. The molecule has 0 aliphatic carbocycles.